The minimum Gasteiger partial charge on any atom is -0.306 e. The van der Waals surface area contributed by atoms with Crippen LogP contribution in [0.3, 0.4) is 0 Å². The van der Waals surface area contributed by atoms with Crippen LogP contribution in [0.5, 0.6) is 0 Å². The number of hydrogen-bond donors (Lipinski definition) is 1. The molecule has 20 heavy (non-hydrogen) atoms. The molecule has 0 aromatic heterocycles. The predicted molar refractivity (Wildman–Crippen MR) is 95.2 cm³/mol. The number of aryl methyl sites for hydroxylation is 2. The van der Waals surface area contributed by atoms with E-state index in [1.807, 2.05) is 0 Å². The Morgan fingerprint density at radius 3 is 2.20 bits per heavy atom. The first-order valence-corrected chi connectivity index (χ1v) is 8.25. The molecule has 0 saturated carbocycles. The molecule has 2 heteroatoms. The van der Waals surface area contributed by atoms with Crippen LogP contribution >= 0.6 is 22.6 Å². The van der Waals surface area contributed by atoms with Gasteiger partial charge in [0.25, 0.3) is 0 Å². The Kier molecular flexibility index (Phi) is 5.61. The molecule has 106 valence electrons. The minimum atomic E-state index is 0.284. The number of halogens is 1. The molecule has 2 rings (SSSR count). The van der Waals surface area contributed by atoms with Gasteiger partial charge in [-0.2, -0.15) is 0 Å². The van der Waals surface area contributed by atoms with Gasteiger partial charge in [-0.15, -0.1) is 0 Å². The second kappa shape index (κ2) is 7.23. The van der Waals surface area contributed by atoms with Crippen LogP contribution < -0.4 is 5.32 Å². The van der Waals surface area contributed by atoms with Crippen LogP contribution in [0.25, 0.3) is 0 Å². The Balaban J connectivity index is 2.35. The zero-order valence-corrected chi connectivity index (χ0v) is 14.6. The number of rotatable bonds is 5. The van der Waals surface area contributed by atoms with Gasteiger partial charge < -0.3 is 5.32 Å². The van der Waals surface area contributed by atoms with Crippen molar-refractivity contribution in [1.82, 2.24) is 5.32 Å². The van der Waals surface area contributed by atoms with Crippen LogP contribution in [-0.4, -0.2) is 6.54 Å². The first-order chi connectivity index (χ1) is 9.61. The number of benzene rings is 2. The Labute approximate surface area is 135 Å². The molecule has 0 spiro atoms. The lowest BCUT2D eigenvalue weighted by atomic mass is 9.95. The quantitative estimate of drug-likeness (QED) is 0.722. The summed E-state index contributed by atoms with van der Waals surface area (Å²) < 4.78 is 1.28. The van der Waals surface area contributed by atoms with Crippen molar-refractivity contribution in [3.63, 3.8) is 0 Å². The summed E-state index contributed by atoms with van der Waals surface area (Å²) in [6.07, 6.45) is 1.14. The van der Waals surface area contributed by atoms with E-state index < -0.39 is 0 Å². The molecule has 1 N–H and O–H groups in total. The fraction of sp³-hybridized carbons (Fsp3) is 0.333. The highest BCUT2D eigenvalue weighted by Crippen LogP contribution is 2.24. The van der Waals surface area contributed by atoms with Gasteiger partial charge >= 0.3 is 0 Å². The van der Waals surface area contributed by atoms with Crippen molar-refractivity contribution in [3.05, 3.63) is 68.3 Å². The molecule has 0 heterocycles. The highest BCUT2D eigenvalue weighted by atomic mass is 127. The fourth-order valence-corrected chi connectivity index (χ4v) is 2.68. The first kappa shape index (κ1) is 15.5. The van der Waals surface area contributed by atoms with Crippen molar-refractivity contribution in [2.75, 3.05) is 6.54 Å². The first-order valence-electron chi connectivity index (χ1n) is 7.18. The van der Waals surface area contributed by atoms with Crippen molar-refractivity contribution in [2.45, 2.75) is 33.2 Å². The molecule has 0 saturated heterocycles. The third-order valence-electron chi connectivity index (χ3n) is 3.67. The van der Waals surface area contributed by atoms with Gasteiger partial charge in [-0.1, -0.05) is 37.3 Å². The maximum absolute atomic E-state index is 3.67. The molecule has 1 nitrogen and oxygen atoms in total. The summed E-state index contributed by atoms with van der Waals surface area (Å²) in [5, 5.41) is 3.67. The number of hydrogen-bond acceptors (Lipinski definition) is 1. The SMILES string of the molecule is CCCNC(c1ccc(I)cc1)c1ccc(C)c(C)c1. The highest BCUT2D eigenvalue weighted by Gasteiger charge is 2.13. The highest BCUT2D eigenvalue weighted by molar-refractivity contribution is 14.1. The molecule has 2 aromatic carbocycles. The molecule has 0 bridgehead atoms. The van der Waals surface area contributed by atoms with E-state index in [-0.39, 0.29) is 6.04 Å². The Hall–Kier alpha value is -0.870. The summed E-state index contributed by atoms with van der Waals surface area (Å²) in [5.41, 5.74) is 5.40. The van der Waals surface area contributed by atoms with Crippen LogP contribution in [0.1, 0.15) is 41.6 Å². The summed E-state index contributed by atoms with van der Waals surface area (Å²) in [4.78, 5) is 0. The van der Waals surface area contributed by atoms with Gasteiger partial charge in [0.1, 0.15) is 0 Å². The van der Waals surface area contributed by atoms with Crippen molar-refractivity contribution in [1.29, 1.82) is 0 Å². The van der Waals surface area contributed by atoms with E-state index in [1.54, 1.807) is 0 Å². The summed E-state index contributed by atoms with van der Waals surface area (Å²) >= 11 is 2.35. The van der Waals surface area contributed by atoms with Crippen molar-refractivity contribution >= 4 is 22.6 Å². The van der Waals surface area contributed by atoms with Crippen LogP contribution in [0, 0.1) is 17.4 Å². The topological polar surface area (TPSA) is 12.0 Å². The standard InChI is InChI=1S/C18H22IN/c1-4-11-20-18(15-7-9-17(19)10-8-15)16-6-5-13(2)14(3)12-16/h5-10,12,18,20H,4,11H2,1-3H3. The molecule has 0 aliphatic carbocycles. The zero-order chi connectivity index (χ0) is 14.5. The summed E-state index contributed by atoms with van der Waals surface area (Å²) in [6.45, 7) is 7.59. The van der Waals surface area contributed by atoms with E-state index >= 15 is 0 Å². The summed E-state index contributed by atoms with van der Waals surface area (Å²) in [5.74, 6) is 0. The van der Waals surface area contributed by atoms with Crippen LogP contribution in [0.15, 0.2) is 42.5 Å². The average molecular weight is 379 g/mol. The van der Waals surface area contributed by atoms with Crippen molar-refractivity contribution < 1.29 is 0 Å². The largest absolute Gasteiger partial charge is 0.306 e. The van der Waals surface area contributed by atoms with E-state index in [0.717, 1.165) is 13.0 Å². The molecule has 1 atom stereocenters. The van der Waals surface area contributed by atoms with Crippen molar-refractivity contribution in [2.24, 2.45) is 0 Å². The maximum Gasteiger partial charge on any atom is 0.0576 e. The van der Waals surface area contributed by atoms with Gasteiger partial charge in [0.05, 0.1) is 6.04 Å². The van der Waals surface area contributed by atoms with Gasteiger partial charge in [-0.3, -0.25) is 0 Å². The van der Waals surface area contributed by atoms with Crippen LogP contribution in [-0.2, 0) is 0 Å². The molecule has 0 amide bonds. The molecule has 2 aromatic rings. The molecule has 0 fully saturated rings. The second-order valence-electron chi connectivity index (χ2n) is 5.28. The van der Waals surface area contributed by atoms with E-state index in [4.69, 9.17) is 0 Å². The molecule has 0 radical (unpaired) electrons. The average Bonchev–Trinajstić information content (AvgIpc) is 2.45. The maximum atomic E-state index is 3.67. The Bertz CT molecular complexity index is 560. The lowest BCUT2D eigenvalue weighted by Gasteiger charge is -2.20. The Morgan fingerprint density at radius 2 is 1.60 bits per heavy atom. The van der Waals surface area contributed by atoms with Gasteiger partial charge in [-0.05, 0) is 83.8 Å². The van der Waals surface area contributed by atoms with E-state index in [0.29, 0.717) is 0 Å². The Morgan fingerprint density at radius 1 is 0.950 bits per heavy atom. The minimum absolute atomic E-state index is 0.284. The van der Waals surface area contributed by atoms with Crippen LogP contribution in [0.2, 0.25) is 0 Å². The second-order valence-corrected chi connectivity index (χ2v) is 6.53. The van der Waals surface area contributed by atoms with Gasteiger partial charge in [-0.25, -0.2) is 0 Å². The summed E-state index contributed by atoms with van der Waals surface area (Å²) in [6, 6.07) is 15.9. The van der Waals surface area contributed by atoms with E-state index in [2.05, 4.69) is 91.1 Å². The molecule has 0 aliphatic rings. The number of nitrogens with one attached hydrogen (secondary N) is 1. The predicted octanol–water partition coefficient (Wildman–Crippen LogP) is 5.00. The van der Waals surface area contributed by atoms with E-state index in [1.165, 1.54) is 25.8 Å². The monoisotopic (exact) mass is 379 g/mol. The third kappa shape index (κ3) is 3.83. The smallest absolute Gasteiger partial charge is 0.0576 e. The van der Waals surface area contributed by atoms with Gasteiger partial charge in [0, 0.05) is 3.57 Å². The van der Waals surface area contributed by atoms with Crippen LogP contribution in [0.4, 0.5) is 0 Å². The lowest BCUT2D eigenvalue weighted by Crippen LogP contribution is -2.23. The molecular weight excluding hydrogens is 357 g/mol. The molecule has 0 aliphatic heterocycles. The normalized spacial score (nSPS) is 12.4. The third-order valence-corrected chi connectivity index (χ3v) is 4.39. The fourth-order valence-electron chi connectivity index (χ4n) is 2.32. The molecule has 1 unspecified atom stereocenters. The summed E-state index contributed by atoms with van der Waals surface area (Å²) in [7, 11) is 0. The van der Waals surface area contributed by atoms with Gasteiger partial charge in [0.2, 0.25) is 0 Å². The van der Waals surface area contributed by atoms with E-state index in [9.17, 15) is 0 Å². The van der Waals surface area contributed by atoms with Crippen molar-refractivity contribution in [3.8, 4) is 0 Å². The molecular formula is C18H22IN. The lowest BCUT2D eigenvalue weighted by molar-refractivity contribution is 0.598. The zero-order valence-electron chi connectivity index (χ0n) is 12.4. The van der Waals surface area contributed by atoms with Gasteiger partial charge in [0.15, 0.2) is 0 Å².